The first-order chi connectivity index (χ1) is 9.91. The average molecular weight is 311 g/mol. The summed E-state index contributed by atoms with van der Waals surface area (Å²) in [4.78, 5) is 10.2. The van der Waals surface area contributed by atoms with Crippen LogP contribution in [0.15, 0.2) is 29.2 Å². The fourth-order valence-electron chi connectivity index (χ4n) is 3.34. The highest BCUT2D eigenvalue weighted by atomic mass is 32.2. The second kappa shape index (κ2) is 5.04. The van der Waals surface area contributed by atoms with Crippen LogP contribution in [0.3, 0.4) is 0 Å². The molecule has 2 aliphatic heterocycles. The number of nitrogens with zero attached hydrogens (tertiary/aromatic N) is 2. The van der Waals surface area contributed by atoms with Gasteiger partial charge in [0.1, 0.15) is 0 Å². The first kappa shape index (κ1) is 14.4. The number of nitro benzene ring substituents is 1. The van der Waals surface area contributed by atoms with Crippen molar-refractivity contribution < 1.29 is 13.3 Å². The van der Waals surface area contributed by atoms with E-state index >= 15 is 0 Å². The van der Waals surface area contributed by atoms with Crippen LogP contribution in [0.25, 0.3) is 0 Å². The van der Waals surface area contributed by atoms with Gasteiger partial charge in [-0.25, -0.2) is 8.42 Å². The summed E-state index contributed by atoms with van der Waals surface area (Å²) < 4.78 is 27.0. The number of hydrogen-bond donors (Lipinski definition) is 1. The van der Waals surface area contributed by atoms with Gasteiger partial charge < -0.3 is 5.32 Å². The van der Waals surface area contributed by atoms with Gasteiger partial charge in [0.2, 0.25) is 10.0 Å². The Morgan fingerprint density at radius 3 is 2.81 bits per heavy atom. The Morgan fingerprint density at radius 1 is 1.38 bits per heavy atom. The fourth-order valence-corrected chi connectivity index (χ4v) is 5.11. The summed E-state index contributed by atoms with van der Waals surface area (Å²) in [5, 5.41) is 14.1. The minimum Gasteiger partial charge on any atom is -0.316 e. The van der Waals surface area contributed by atoms with Crippen LogP contribution in [0.5, 0.6) is 0 Å². The second-order valence-corrected chi connectivity index (χ2v) is 7.54. The third kappa shape index (κ3) is 2.33. The minimum atomic E-state index is -3.68. The molecule has 1 aromatic rings. The molecule has 2 aliphatic rings. The van der Waals surface area contributed by atoms with E-state index in [2.05, 4.69) is 5.32 Å². The van der Waals surface area contributed by atoms with Gasteiger partial charge in [-0.1, -0.05) is 6.07 Å². The number of benzene rings is 1. The van der Waals surface area contributed by atoms with Gasteiger partial charge in [0.25, 0.3) is 5.69 Å². The molecule has 0 amide bonds. The Balaban J connectivity index is 1.94. The summed E-state index contributed by atoms with van der Waals surface area (Å²) in [6.07, 6.45) is 0. The largest absolute Gasteiger partial charge is 0.316 e. The van der Waals surface area contributed by atoms with Crippen molar-refractivity contribution in [2.75, 3.05) is 19.6 Å². The summed E-state index contributed by atoms with van der Waals surface area (Å²) in [5.41, 5.74) is -0.204. The van der Waals surface area contributed by atoms with Gasteiger partial charge in [0.15, 0.2) is 0 Å². The molecule has 0 bridgehead atoms. The number of nitro groups is 1. The molecular formula is C13H17N3O4S. The molecule has 2 fully saturated rings. The van der Waals surface area contributed by atoms with Gasteiger partial charge in [0.05, 0.1) is 9.82 Å². The number of fused-ring (bicyclic) bond motifs is 1. The van der Waals surface area contributed by atoms with Crippen molar-refractivity contribution in [1.29, 1.82) is 0 Å². The van der Waals surface area contributed by atoms with Crippen molar-refractivity contribution in [3.63, 3.8) is 0 Å². The maximum Gasteiger partial charge on any atom is 0.270 e. The highest BCUT2D eigenvalue weighted by Gasteiger charge is 2.46. The highest BCUT2D eigenvalue weighted by Crippen LogP contribution is 2.36. The molecule has 1 N–H and O–H groups in total. The van der Waals surface area contributed by atoms with E-state index in [1.54, 1.807) is 0 Å². The van der Waals surface area contributed by atoms with Crippen molar-refractivity contribution >= 4 is 15.7 Å². The molecule has 2 heterocycles. The van der Waals surface area contributed by atoms with E-state index in [0.717, 1.165) is 19.2 Å². The van der Waals surface area contributed by atoms with E-state index in [0.29, 0.717) is 18.4 Å². The molecule has 0 spiro atoms. The number of sulfonamides is 1. The molecule has 8 heteroatoms. The third-order valence-electron chi connectivity index (χ3n) is 4.52. The van der Waals surface area contributed by atoms with Crippen LogP contribution in [-0.4, -0.2) is 43.3 Å². The van der Waals surface area contributed by atoms with Gasteiger partial charge in [0, 0.05) is 24.7 Å². The molecule has 3 unspecified atom stereocenters. The van der Waals surface area contributed by atoms with Gasteiger partial charge >= 0.3 is 0 Å². The summed E-state index contributed by atoms with van der Waals surface area (Å²) in [7, 11) is -3.68. The topological polar surface area (TPSA) is 92.6 Å². The van der Waals surface area contributed by atoms with Gasteiger partial charge in [-0.3, -0.25) is 10.1 Å². The zero-order valence-corrected chi connectivity index (χ0v) is 12.4. The second-order valence-electron chi connectivity index (χ2n) is 5.65. The Kier molecular flexibility index (Phi) is 3.46. The SMILES string of the molecule is CC1C2CNCC2CN1S(=O)(=O)c1cccc([N+](=O)[O-])c1. The Labute approximate surface area is 123 Å². The molecule has 3 rings (SSSR count). The molecule has 1 aromatic carbocycles. The van der Waals surface area contributed by atoms with E-state index in [4.69, 9.17) is 0 Å². The lowest BCUT2D eigenvalue weighted by Gasteiger charge is -2.23. The van der Waals surface area contributed by atoms with E-state index in [1.165, 1.54) is 22.5 Å². The molecule has 114 valence electrons. The third-order valence-corrected chi connectivity index (χ3v) is 6.46. The van der Waals surface area contributed by atoms with Crippen LogP contribution in [-0.2, 0) is 10.0 Å². The molecule has 0 saturated carbocycles. The number of rotatable bonds is 3. The quantitative estimate of drug-likeness (QED) is 0.659. The number of nitrogens with one attached hydrogen (secondary N) is 1. The zero-order chi connectivity index (χ0) is 15.2. The Bertz CT molecular complexity index is 676. The molecular weight excluding hydrogens is 294 g/mol. The van der Waals surface area contributed by atoms with Crippen molar-refractivity contribution in [3.8, 4) is 0 Å². The Hall–Kier alpha value is -1.51. The van der Waals surface area contributed by atoms with Crippen LogP contribution in [0.4, 0.5) is 5.69 Å². The van der Waals surface area contributed by atoms with Crippen LogP contribution in [0.2, 0.25) is 0 Å². The van der Waals surface area contributed by atoms with E-state index in [9.17, 15) is 18.5 Å². The first-order valence-corrected chi connectivity index (χ1v) is 8.32. The predicted molar refractivity (Wildman–Crippen MR) is 76.3 cm³/mol. The Morgan fingerprint density at radius 2 is 2.14 bits per heavy atom. The molecule has 0 aliphatic carbocycles. The van der Waals surface area contributed by atoms with Crippen LogP contribution >= 0.6 is 0 Å². The first-order valence-electron chi connectivity index (χ1n) is 6.88. The fraction of sp³-hybridized carbons (Fsp3) is 0.538. The number of hydrogen-bond acceptors (Lipinski definition) is 5. The van der Waals surface area contributed by atoms with Gasteiger partial charge in [-0.05, 0) is 37.9 Å². The lowest BCUT2D eigenvalue weighted by atomic mass is 9.95. The van der Waals surface area contributed by atoms with E-state index in [1.807, 2.05) is 6.92 Å². The zero-order valence-electron chi connectivity index (χ0n) is 11.6. The summed E-state index contributed by atoms with van der Waals surface area (Å²) in [6, 6.07) is 5.17. The molecule has 0 aromatic heterocycles. The molecule has 2 saturated heterocycles. The smallest absolute Gasteiger partial charge is 0.270 e. The lowest BCUT2D eigenvalue weighted by Crippen LogP contribution is -2.38. The molecule has 3 atom stereocenters. The van der Waals surface area contributed by atoms with Crippen LogP contribution in [0.1, 0.15) is 6.92 Å². The normalized spacial score (nSPS) is 29.5. The minimum absolute atomic E-state index is 0.00326. The van der Waals surface area contributed by atoms with Crippen LogP contribution < -0.4 is 5.32 Å². The van der Waals surface area contributed by atoms with Crippen LogP contribution in [0, 0.1) is 22.0 Å². The maximum absolute atomic E-state index is 12.7. The van der Waals surface area contributed by atoms with Crippen molar-refractivity contribution in [1.82, 2.24) is 9.62 Å². The van der Waals surface area contributed by atoms with Gasteiger partial charge in [-0.2, -0.15) is 4.31 Å². The average Bonchev–Trinajstić information content (AvgIpc) is 3.02. The molecule has 0 radical (unpaired) electrons. The monoisotopic (exact) mass is 311 g/mol. The highest BCUT2D eigenvalue weighted by molar-refractivity contribution is 7.89. The predicted octanol–water partition coefficient (Wildman–Crippen LogP) is 0.823. The molecule has 7 nitrogen and oxygen atoms in total. The summed E-state index contributed by atoms with van der Waals surface area (Å²) >= 11 is 0. The number of non-ortho nitro benzene ring substituents is 1. The van der Waals surface area contributed by atoms with E-state index in [-0.39, 0.29) is 16.6 Å². The van der Waals surface area contributed by atoms with Gasteiger partial charge in [-0.15, -0.1) is 0 Å². The standard InChI is InChI=1S/C13H17N3O4S/c1-9-13-7-14-6-10(13)8-15(9)21(19,20)12-4-2-3-11(5-12)16(17)18/h2-5,9-10,13-14H,6-8H2,1H3. The van der Waals surface area contributed by atoms with E-state index < -0.39 is 14.9 Å². The van der Waals surface area contributed by atoms with Crippen molar-refractivity contribution in [3.05, 3.63) is 34.4 Å². The summed E-state index contributed by atoms with van der Waals surface area (Å²) in [6.45, 7) is 4.04. The lowest BCUT2D eigenvalue weighted by molar-refractivity contribution is -0.385. The summed E-state index contributed by atoms with van der Waals surface area (Å²) in [5.74, 6) is 0.645. The molecule has 21 heavy (non-hydrogen) atoms. The maximum atomic E-state index is 12.7. The van der Waals surface area contributed by atoms with Crippen molar-refractivity contribution in [2.45, 2.75) is 17.9 Å². The van der Waals surface area contributed by atoms with Crippen molar-refractivity contribution in [2.24, 2.45) is 11.8 Å².